The molecule has 1 amide bonds. The standard InChI is InChI=1S/C15H13ClN2O3/c1-8-5-9(2)13(11(6-8)15(20)21)18-14(19)10-3-4-12(16)17-7-10/h3-7H,1-2H3,(H,18,19)(H,20,21). The van der Waals surface area contributed by atoms with Gasteiger partial charge in [-0.3, -0.25) is 4.79 Å². The Hall–Kier alpha value is -2.40. The van der Waals surface area contributed by atoms with E-state index in [1.165, 1.54) is 24.4 Å². The second kappa shape index (κ2) is 5.93. The summed E-state index contributed by atoms with van der Waals surface area (Å²) in [4.78, 5) is 27.3. The highest BCUT2D eigenvalue weighted by Crippen LogP contribution is 2.23. The molecule has 2 aromatic rings. The molecule has 0 spiro atoms. The van der Waals surface area contributed by atoms with Crippen LogP contribution >= 0.6 is 11.6 Å². The fraction of sp³-hybridized carbons (Fsp3) is 0.133. The lowest BCUT2D eigenvalue weighted by atomic mass is 10.0. The van der Waals surface area contributed by atoms with Crippen molar-refractivity contribution in [3.05, 3.63) is 57.9 Å². The molecule has 1 aromatic heterocycles. The first-order valence-corrected chi connectivity index (χ1v) is 6.53. The average Bonchev–Trinajstić information content (AvgIpc) is 2.41. The first kappa shape index (κ1) is 15.0. The summed E-state index contributed by atoms with van der Waals surface area (Å²) in [6.45, 7) is 3.54. The molecule has 0 aliphatic heterocycles. The number of carboxylic acids is 1. The lowest BCUT2D eigenvalue weighted by molar-refractivity contribution is 0.0698. The fourth-order valence-corrected chi connectivity index (χ4v) is 2.11. The highest BCUT2D eigenvalue weighted by atomic mass is 35.5. The van der Waals surface area contributed by atoms with Gasteiger partial charge >= 0.3 is 5.97 Å². The van der Waals surface area contributed by atoms with Gasteiger partial charge < -0.3 is 10.4 Å². The molecular formula is C15H13ClN2O3. The van der Waals surface area contributed by atoms with Gasteiger partial charge in [-0.25, -0.2) is 9.78 Å². The number of nitrogens with one attached hydrogen (secondary N) is 1. The number of rotatable bonds is 3. The molecule has 1 aromatic carbocycles. The van der Waals surface area contributed by atoms with Crippen molar-refractivity contribution in [2.75, 3.05) is 5.32 Å². The van der Waals surface area contributed by atoms with Gasteiger partial charge in [-0.1, -0.05) is 17.7 Å². The zero-order chi connectivity index (χ0) is 15.6. The van der Waals surface area contributed by atoms with E-state index in [9.17, 15) is 14.7 Å². The molecule has 0 radical (unpaired) electrons. The normalized spacial score (nSPS) is 10.2. The van der Waals surface area contributed by atoms with Gasteiger partial charge in [-0.2, -0.15) is 0 Å². The molecule has 0 bridgehead atoms. The Bertz CT molecular complexity index is 712. The van der Waals surface area contributed by atoms with E-state index in [1.54, 1.807) is 13.8 Å². The Morgan fingerprint density at radius 2 is 1.95 bits per heavy atom. The van der Waals surface area contributed by atoms with Gasteiger partial charge in [-0.15, -0.1) is 0 Å². The number of carbonyl (C=O) groups is 2. The van der Waals surface area contributed by atoms with E-state index in [-0.39, 0.29) is 16.4 Å². The maximum atomic E-state index is 12.2. The largest absolute Gasteiger partial charge is 0.478 e. The maximum absolute atomic E-state index is 12.2. The number of hydrogen-bond donors (Lipinski definition) is 2. The molecule has 0 saturated heterocycles. The van der Waals surface area contributed by atoms with E-state index < -0.39 is 11.9 Å². The molecule has 0 aliphatic rings. The van der Waals surface area contributed by atoms with Gasteiger partial charge in [0.15, 0.2) is 0 Å². The second-order valence-corrected chi connectivity index (χ2v) is 5.02. The van der Waals surface area contributed by atoms with Gasteiger partial charge in [0.05, 0.1) is 16.8 Å². The second-order valence-electron chi connectivity index (χ2n) is 4.63. The molecule has 0 saturated carbocycles. The predicted molar refractivity (Wildman–Crippen MR) is 80.1 cm³/mol. The minimum Gasteiger partial charge on any atom is -0.478 e. The zero-order valence-electron chi connectivity index (χ0n) is 11.5. The van der Waals surface area contributed by atoms with Gasteiger partial charge in [0, 0.05) is 6.20 Å². The van der Waals surface area contributed by atoms with Crippen molar-refractivity contribution in [1.82, 2.24) is 4.98 Å². The van der Waals surface area contributed by atoms with Gasteiger partial charge in [-0.05, 0) is 43.2 Å². The van der Waals surface area contributed by atoms with E-state index in [0.29, 0.717) is 11.1 Å². The highest BCUT2D eigenvalue weighted by molar-refractivity contribution is 6.29. The van der Waals surface area contributed by atoms with E-state index in [0.717, 1.165) is 5.56 Å². The molecule has 0 atom stereocenters. The topological polar surface area (TPSA) is 79.3 Å². The SMILES string of the molecule is Cc1cc(C)c(NC(=O)c2ccc(Cl)nc2)c(C(=O)O)c1. The number of halogens is 1. The molecule has 108 valence electrons. The smallest absolute Gasteiger partial charge is 0.337 e. The molecule has 2 rings (SSSR count). The van der Waals surface area contributed by atoms with Crippen LogP contribution < -0.4 is 5.32 Å². The van der Waals surface area contributed by atoms with Crippen LogP contribution in [0, 0.1) is 13.8 Å². The summed E-state index contributed by atoms with van der Waals surface area (Å²) in [5, 5.41) is 12.2. The Morgan fingerprint density at radius 3 is 2.52 bits per heavy atom. The summed E-state index contributed by atoms with van der Waals surface area (Å²) in [6, 6.07) is 6.35. The Labute approximate surface area is 126 Å². The maximum Gasteiger partial charge on any atom is 0.337 e. The minimum atomic E-state index is -1.09. The van der Waals surface area contributed by atoms with Crippen LogP contribution in [0.2, 0.25) is 5.15 Å². The Morgan fingerprint density at radius 1 is 1.24 bits per heavy atom. The number of hydrogen-bond acceptors (Lipinski definition) is 3. The molecule has 1 heterocycles. The summed E-state index contributed by atoms with van der Waals surface area (Å²) in [5.41, 5.74) is 2.14. The molecule has 0 unspecified atom stereocenters. The molecule has 0 aliphatic carbocycles. The first-order valence-electron chi connectivity index (χ1n) is 6.16. The van der Waals surface area contributed by atoms with Crippen LogP contribution in [0.3, 0.4) is 0 Å². The quantitative estimate of drug-likeness (QED) is 0.853. The van der Waals surface area contributed by atoms with Crippen molar-refractivity contribution in [2.24, 2.45) is 0 Å². The first-order chi connectivity index (χ1) is 9.88. The molecular weight excluding hydrogens is 292 g/mol. The van der Waals surface area contributed by atoms with Crippen molar-refractivity contribution in [3.8, 4) is 0 Å². The molecule has 0 fully saturated rings. The number of aromatic nitrogens is 1. The number of carbonyl (C=O) groups excluding carboxylic acids is 1. The Balaban J connectivity index is 2.37. The monoisotopic (exact) mass is 304 g/mol. The van der Waals surface area contributed by atoms with Crippen molar-refractivity contribution in [1.29, 1.82) is 0 Å². The van der Waals surface area contributed by atoms with Gasteiger partial charge in [0.25, 0.3) is 5.91 Å². The predicted octanol–water partition coefficient (Wildman–Crippen LogP) is 3.30. The van der Waals surface area contributed by atoms with Gasteiger partial charge in [0.2, 0.25) is 0 Å². The number of aromatic carboxylic acids is 1. The third-order valence-electron chi connectivity index (χ3n) is 2.94. The van der Waals surface area contributed by atoms with Crippen molar-refractivity contribution < 1.29 is 14.7 Å². The number of pyridine rings is 1. The molecule has 6 heteroatoms. The summed E-state index contributed by atoms with van der Waals surface area (Å²) in [6.07, 6.45) is 1.33. The molecule has 2 N–H and O–H groups in total. The molecule has 5 nitrogen and oxygen atoms in total. The molecule has 21 heavy (non-hydrogen) atoms. The van der Waals surface area contributed by atoms with Crippen LogP contribution in [0.5, 0.6) is 0 Å². The van der Waals surface area contributed by atoms with Crippen LogP contribution in [0.1, 0.15) is 31.8 Å². The van der Waals surface area contributed by atoms with Crippen LogP contribution in [0.15, 0.2) is 30.5 Å². The van der Waals surface area contributed by atoms with E-state index in [4.69, 9.17) is 11.6 Å². The summed E-state index contributed by atoms with van der Waals surface area (Å²) >= 11 is 5.67. The fourth-order valence-electron chi connectivity index (χ4n) is 2.00. The number of amides is 1. The third-order valence-corrected chi connectivity index (χ3v) is 3.16. The van der Waals surface area contributed by atoms with Crippen LogP contribution in [-0.2, 0) is 0 Å². The number of anilines is 1. The lowest BCUT2D eigenvalue weighted by Gasteiger charge is -2.12. The van der Waals surface area contributed by atoms with E-state index >= 15 is 0 Å². The average molecular weight is 305 g/mol. The van der Waals surface area contributed by atoms with E-state index in [2.05, 4.69) is 10.3 Å². The van der Waals surface area contributed by atoms with Crippen molar-refractivity contribution in [3.63, 3.8) is 0 Å². The number of carboxylic acid groups (broad SMARTS) is 1. The van der Waals surface area contributed by atoms with Gasteiger partial charge in [0.1, 0.15) is 5.15 Å². The summed E-state index contributed by atoms with van der Waals surface area (Å²) < 4.78 is 0. The summed E-state index contributed by atoms with van der Waals surface area (Å²) in [5.74, 6) is -1.53. The van der Waals surface area contributed by atoms with Crippen LogP contribution in [0.25, 0.3) is 0 Å². The van der Waals surface area contributed by atoms with Crippen molar-refractivity contribution >= 4 is 29.2 Å². The number of aryl methyl sites for hydroxylation is 2. The number of nitrogens with zero attached hydrogens (tertiary/aromatic N) is 1. The van der Waals surface area contributed by atoms with E-state index in [1.807, 2.05) is 6.07 Å². The minimum absolute atomic E-state index is 0.0581. The lowest BCUT2D eigenvalue weighted by Crippen LogP contribution is -2.16. The Kier molecular flexibility index (Phi) is 4.23. The summed E-state index contributed by atoms with van der Waals surface area (Å²) in [7, 11) is 0. The third kappa shape index (κ3) is 3.38. The zero-order valence-corrected chi connectivity index (χ0v) is 12.2. The van der Waals surface area contributed by atoms with Crippen LogP contribution in [0.4, 0.5) is 5.69 Å². The highest BCUT2D eigenvalue weighted by Gasteiger charge is 2.16. The van der Waals surface area contributed by atoms with Crippen LogP contribution in [-0.4, -0.2) is 22.0 Å². The van der Waals surface area contributed by atoms with Crippen molar-refractivity contribution in [2.45, 2.75) is 13.8 Å². The number of benzene rings is 1.